The van der Waals surface area contributed by atoms with Crippen molar-refractivity contribution in [1.29, 1.82) is 0 Å². The molecular weight excluding hydrogens is 367 g/mol. The number of hydrogen-bond acceptors (Lipinski definition) is 2. The molecule has 1 heterocycles. The van der Waals surface area contributed by atoms with E-state index in [-0.39, 0.29) is 23.2 Å². The average Bonchev–Trinajstić information content (AvgIpc) is 2.73. The van der Waals surface area contributed by atoms with Crippen LogP contribution >= 0.6 is 0 Å². The van der Waals surface area contributed by atoms with Crippen LogP contribution in [0.25, 0.3) is 0 Å². The molecule has 2 amide bonds. The fraction of sp³-hybridized carbons (Fsp3) is 0.917. The Morgan fingerprint density at radius 2 is 1.52 bits per heavy atom. The van der Waals surface area contributed by atoms with Gasteiger partial charge in [0.2, 0.25) is 11.8 Å². The maximum Gasteiger partial charge on any atom is 0.228 e. The lowest BCUT2D eigenvalue weighted by molar-refractivity contribution is -0.151. The van der Waals surface area contributed by atoms with Gasteiger partial charge in [0, 0.05) is 37.5 Å². The van der Waals surface area contributed by atoms with Gasteiger partial charge in [0.15, 0.2) is 0 Å². The first-order valence-corrected chi connectivity index (χ1v) is 12.1. The molecule has 0 aromatic rings. The summed E-state index contributed by atoms with van der Waals surface area (Å²) in [6.45, 7) is 7.05. The summed E-state index contributed by atoms with van der Waals surface area (Å²) in [7, 11) is 0. The van der Waals surface area contributed by atoms with Crippen LogP contribution in [0, 0.1) is 29.1 Å². The Bertz CT molecular complexity index is 604. The van der Waals surface area contributed by atoms with Gasteiger partial charge >= 0.3 is 0 Å². The van der Waals surface area contributed by atoms with Gasteiger partial charge in [-0.05, 0) is 75.5 Å². The van der Waals surface area contributed by atoms with Crippen molar-refractivity contribution < 1.29 is 14.0 Å². The summed E-state index contributed by atoms with van der Waals surface area (Å²) in [5, 5.41) is 0. The molecule has 164 valence electrons. The van der Waals surface area contributed by atoms with E-state index in [1.54, 1.807) is 0 Å². The SMILES string of the molecule is CC1CCC(F)C(C2CCC(C(=O)N3CCN(C(=O)C4(C)CCC4)CC3)CC2)C1. The van der Waals surface area contributed by atoms with E-state index >= 15 is 0 Å². The van der Waals surface area contributed by atoms with Gasteiger partial charge in [0.25, 0.3) is 0 Å². The van der Waals surface area contributed by atoms with Crippen LogP contribution in [0.2, 0.25) is 0 Å². The molecule has 0 aromatic heterocycles. The summed E-state index contributed by atoms with van der Waals surface area (Å²) in [4.78, 5) is 29.7. The van der Waals surface area contributed by atoms with Crippen molar-refractivity contribution in [1.82, 2.24) is 9.80 Å². The fourth-order valence-electron chi connectivity index (χ4n) is 6.36. The molecule has 0 spiro atoms. The van der Waals surface area contributed by atoms with E-state index in [1.165, 1.54) is 0 Å². The van der Waals surface area contributed by atoms with E-state index in [9.17, 15) is 14.0 Å². The van der Waals surface area contributed by atoms with Gasteiger partial charge in [-0.25, -0.2) is 4.39 Å². The van der Waals surface area contributed by atoms with Gasteiger partial charge in [-0.2, -0.15) is 0 Å². The number of alkyl halides is 1. The molecule has 4 nitrogen and oxygen atoms in total. The van der Waals surface area contributed by atoms with Gasteiger partial charge in [-0.1, -0.05) is 20.3 Å². The molecule has 3 aliphatic carbocycles. The lowest BCUT2D eigenvalue weighted by Gasteiger charge is -2.44. The van der Waals surface area contributed by atoms with Gasteiger partial charge in [0.05, 0.1) is 0 Å². The van der Waals surface area contributed by atoms with Crippen LogP contribution < -0.4 is 0 Å². The van der Waals surface area contributed by atoms with Gasteiger partial charge < -0.3 is 9.80 Å². The summed E-state index contributed by atoms with van der Waals surface area (Å²) in [6.07, 6.45) is 9.16. The van der Waals surface area contributed by atoms with E-state index in [2.05, 4.69) is 13.8 Å². The summed E-state index contributed by atoms with van der Waals surface area (Å²) in [5.74, 6) is 2.01. The molecule has 0 radical (unpaired) electrons. The summed E-state index contributed by atoms with van der Waals surface area (Å²) < 4.78 is 14.5. The molecule has 5 heteroatoms. The minimum absolute atomic E-state index is 0.108. The molecule has 0 bridgehead atoms. The Kier molecular flexibility index (Phi) is 6.22. The van der Waals surface area contributed by atoms with Crippen LogP contribution in [-0.4, -0.2) is 54.0 Å². The molecule has 1 aliphatic heterocycles. The van der Waals surface area contributed by atoms with Crippen LogP contribution in [0.3, 0.4) is 0 Å². The Balaban J connectivity index is 1.23. The third kappa shape index (κ3) is 4.34. The smallest absolute Gasteiger partial charge is 0.228 e. The van der Waals surface area contributed by atoms with Crippen molar-refractivity contribution in [3.63, 3.8) is 0 Å². The van der Waals surface area contributed by atoms with Crippen LogP contribution in [0.4, 0.5) is 4.39 Å². The fourth-order valence-corrected chi connectivity index (χ4v) is 6.36. The number of piperazine rings is 1. The highest BCUT2D eigenvalue weighted by Gasteiger charge is 2.43. The molecule has 3 unspecified atom stereocenters. The van der Waals surface area contributed by atoms with Crippen molar-refractivity contribution in [2.75, 3.05) is 26.2 Å². The van der Waals surface area contributed by atoms with Crippen molar-refractivity contribution >= 4 is 11.8 Å². The van der Waals surface area contributed by atoms with Crippen molar-refractivity contribution in [2.24, 2.45) is 29.1 Å². The minimum Gasteiger partial charge on any atom is -0.339 e. The molecule has 29 heavy (non-hydrogen) atoms. The van der Waals surface area contributed by atoms with Crippen LogP contribution in [-0.2, 0) is 9.59 Å². The molecule has 3 saturated carbocycles. The highest BCUT2D eigenvalue weighted by atomic mass is 19.1. The molecule has 4 rings (SSSR count). The van der Waals surface area contributed by atoms with Crippen molar-refractivity contribution in [3.8, 4) is 0 Å². The zero-order valence-corrected chi connectivity index (χ0v) is 18.4. The zero-order chi connectivity index (χ0) is 20.6. The average molecular weight is 407 g/mol. The molecular formula is C24H39FN2O2. The first-order chi connectivity index (χ1) is 13.9. The number of amides is 2. The van der Waals surface area contributed by atoms with E-state index < -0.39 is 6.17 Å². The second kappa shape index (κ2) is 8.55. The van der Waals surface area contributed by atoms with Crippen LogP contribution in [0.1, 0.15) is 78.1 Å². The summed E-state index contributed by atoms with van der Waals surface area (Å²) >= 11 is 0. The highest BCUT2D eigenvalue weighted by Crippen LogP contribution is 2.44. The lowest BCUT2D eigenvalue weighted by Crippen LogP contribution is -2.56. The number of carbonyl (C=O) groups excluding carboxylic acids is 2. The first kappa shape index (κ1) is 21.1. The third-order valence-corrected chi connectivity index (χ3v) is 8.65. The van der Waals surface area contributed by atoms with Gasteiger partial charge in [-0.15, -0.1) is 0 Å². The predicted molar refractivity (Wildman–Crippen MR) is 112 cm³/mol. The topological polar surface area (TPSA) is 40.6 Å². The number of nitrogens with zero attached hydrogens (tertiary/aromatic N) is 2. The Morgan fingerprint density at radius 3 is 2.10 bits per heavy atom. The van der Waals surface area contributed by atoms with E-state index in [1.807, 2.05) is 9.80 Å². The summed E-state index contributed by atoms with van der Waals surface area (Å²) in [6, 6.07) is 0. The standard InChI is InChI=1S/C24H39FN2O2/c1-17-4-9-21(25)20(16-17)18-5-7-19(8-6-18)22(28)26-12-14-27(15-13-26)23(29)24(2)10-3-11-24/h17-21H,3-16H2,1-2H3. The maximum atomic E-state index is 14.5. The van der Waals surface area contributed by atoms with E-state index in [4.69, 9.17) is 0 Å². The quantitative estimate of drug-likeness (QED) is 0.696. The van der Waals surface area contributed by atoms with Gasteiger partial charge in [0.1, 0.15) is 6.17 Å². The highest BCUT2D eigenvalue weighted by molar-refractivity contribution is 5.84. The number of rotatable bonds is 3. The molecule has 1 saturated heterocycles. The predicted octanol–water partition coefficient (Wildman–Crippen LogP) is 4.43. The zero-order valence-electron chi connectivity index (χ0n) is 18.4. The van der Waals surface area contributed by atoms with Crippen molar-refractivity contribution in [2.45, 2.75) is 84.2 Å². The lowest BCUT2D eigenvalue weighted by atomic mass is 9.68. The molecule has 4 aliphatic rings. The normalized spacial score (nSPS) is 37.7. The monoisotopic (exact) mass is 406 g/mol. The third-order valence-electron chi connectivity index (χ3n) is 8.65. The molecule has 3 atom stereocenters. The molecule has 0 N–H and O–H groups in total. The molecule has 4 fully saturated rings. The Labute approximate surface area is 175 Å². The largest absolute Gasteiger partial charge is 0.339 e. The number of hydrogen-bond donors (Lipinski definition) is 0. The minimum atomic E-state index is -0.633. The van der Waals surface area contributed by atoms with E-state index in [0.29, 0.717) is 43.9 Å². The van der Waals surface area contributed by atoms with Crippen molar-refractivity contribution in [3.05, 3.63) is 0 Å². The molecule has 0 aromatic carbocycles. The van der Waals surface area contributed by atoms with E-state index in [0.717, 1.165) is 64.2 Å². The first-order valence-electron chi connectivity index (χ1n) is 12.1. The van der Waals surface area contributed by atoms with Gasteiger partial charge in [-0.3, -0.25) is 9.59 Å². The Hall–Kier alpha value is -1.13. The second-order valence-electron chi connectivity index (χ2n) is 10.7. The Morgan fingerprint density at radius 1 is 0.897 bits per heavy atom. The van der Waals surface area contributed by atoms with Crippen LogP contribution in [0.15, 0.2) is 0 Å². The maximum absolute atomic E-state index is 14.5. The number of halogens is 1. The number of carbonyl (C=O) groups is 2. The summed E-state index contributed by atoms with van der Waals surface area (Å²) in [5.41, 5.74) is -0.143. The second-order valence-corrected chi connectivity index (χ2v) is 10.7. The van der Waals surface area contributed by atoms with Crippen LogP contribution in [0.5, 0.6) is 0 Å².